The third-order valence-electron chi connectivity index (χ3n) is 2.57. The Bertz CT molecular complexity index is 598. The Labute approximate surface area is 128 Å². The summed E-state index contributed by atoms with van der Waals surface area (Å²) in [6.45, 7) is 1.93. The first-order chi connectivity index (χ1) is 8.58. The van der Waals surface area contributed by atoms with Gasteiger partial charge in [0.25, 0.3) is 5.91 Å². The molecule has 0 saturated carbocycles. The van der Waals surface area contributed by atoms with Crippen LogP contribution in [0.15, 0.2) is 46.9 Å². The fraction of sp³-hybridized carbons (Fsp3) is 0.0714. The molecule has 0 bridgehead atoms. The highest BCUT2D eigenvalue weighted by atomic mass is 127. The lowest BCUT2D eigenvalue weighted by atomic mass is 10.1. The summed E-state index contributed by atoms with van der Waals surface area (Å²) >= 11 is 5.65. The Morgan fingerprint density at radius 1 is 1.22 bits per heavy atom. The summed E-state index contributed by atoms with van der Waals surface area (Å²) in [4.78, 5) is 12.2. The quantitative estimate of drug-likeness (QED) is 0.712. The number of rotatable bonds is 2. The number of aryl methyl sites for hydroxylation is 1. The second-order valence-electron chi connectivity index (χ2n) is 3.89. The third-order valence-corrected chi connectivity index (χ3v) is 3.93. The van der Waals surface area contributed by atoms with Gasteiger partial charge in [-0.1, -0.05) is 18.2 Å². The normalized spacial score (nSPS) is 10.2. The van der Waals surface area contributed by atoms with Gasteiger partial charge in [-0.25, -0.2) is 0 Å². The summed E-state index contributed by atoms with van der Waals surface area (Å²) in [5, 5.41) is 2.92. The molecular weight excluding hydrogens is 405 g/mol. The summed E-state index contributed by atoms with van der Waals surface area (Å²) in [6.07, 6.45) is 0. The molecule has 0 unspecified atom stereocenters. The second-order valence-corrected chi connectivity index (χ2v) is 5.99. The molecule has 18 heavy (non-hydrogen) atoms. The minimum Gasteiger partial charge on any atom is -0.321 e. The number of benzene rings is 2. The van der Waals surface area contributed by atoms with Crippen molar-refractivity contribution in [2.75, 3.05) is 5.32 Å². The van der Waals surface area contributed by atoms with Crippen LogP contribution in [-0.4, -0.2) is 5.91 Å². The predicted octanol–water partition coefficient (Wildman–Crippen LogP) is 4.61. The molecule has 0 aliphatic rings. The molecule has 2 rings (SSSR count). The topological polar surface area (TPSA) is 29.1 Å². The molecule has 0 atom stereocenters. The van der Waals surface area contributed by atoms with Crippen LogP contribution in [0.3, 0.4) is 0 Å². The Hall–Kier alpha value is -0.880. The zero-order valence-corrected chi connectivity index (χ0v) is 13.4. The molecule has 2 aromatic rings. The van der Waals surface area contributed by atoms with E-state index in [2.05, 4.69) is 43.8 Å². The van der Waals surface area contributed by atoms with Crippen LogP contribution in [-0.2, 0) is 0 Å². The molecule has 4 heteroatoms. The van der Waals surface area contributed by atoms with Gasteiger partial charge in [0.05, 0.1) is 5.69 Å². The van der Waals surface area contributed by atoms with Gasteiger partial charge in [0, 0.05) is 13.6 Å². The van der Waals surface area contributed by atoms with E-state index in [-0.39, 0.29) is 5.91 Å². The summed E-state index contributed by atoms with van der Waals surface area (Å²) in [6, 6.07) is 13.4. The summed E-state index contributed by atoms with van der Waals surface area (Å²) in [5.74, 6) is -0.0872. The predicted molar refractivity (Wildman–Crippen MR) is 86.0 cm³/mol. The van der Waals surface area contributed by atoms with Crippen LogP contribution in [0.25, 0.3) is 0 Å². The minimum atomic E-state index is -0.0872. The molecule has 2 nitrogen and oxygen atoms in total. The van der Waals surface area contributed by atoms with E-state index in [9.17, 15) is 4.79 Å². The number of anilines is 1. The first-order valence-electron chi connectivity index (χ1n) is 5.40. The summed E-state index contributed by atoms with van der Waals surface area (Å²) in [5.41, 5.74) is 2.45. The van der Waals surface area contributed by atoms with Gasteiger partial charge in [-0.3, -0.25) is 4.79 Å². The second kappa shape index (κ2) is 5.84. The molecule has 0 saturated heterocycles. The van der Waals surface area contributed by atoms with Crippen LogP contribution < -0.4 is 5.32 Å². The smallest absolute Gasteiger partial charge is 0.255 e. The van der Waals surface area contributed by atoms with Crippen LogP contribution in [0, 0.1) is 10.5 Å². The maximum atomic E-state index is 12.2. The number of nitrogens with one attached hydrogen (secondary N) is 1. The molecule has 0 heterocycles. The van der Waals surface area contributed by atoms with Crippen LogP contribution in [0.4, 0.5) is 5.69 Å². The molecule has 1 amide bonds. The van der Waals surface area contributed by atoms with E-state index in [0.29, 0.717) is 5.56 Å². The molecule has 92 valence electrons. The standard InChI is InChI=1S/C14H11BrINO/c1-9-4-2-3-5-11(9)14(18)17-13-8-10(16)6-7-12(13)15/h2-8H,1H3,(H,17,18). The molecule has 0 aromatic heterocycles. The van der Waals surface area contributed by atoms with Crippen molar-refractivity contribution in [2.45, 2.75) is 6.92 Å². The van der Waals surface area contributed by atoms with Crippen molar-refractivity contribution in [3.63, 3.8) is 0 Å². The fourth-order valence-electron chi connectivity index (χ4n) is 1.61. The lowest BCUT2D eigenvalue weighted by Crippen LogP contribution is -2.13. The molecule has 1 N–H and O–H groups in total. The number of amides is 1. The summed E-state index contributed by atoms with van der Waals surface area (Å²) in [7, 11) is 0. The number of carbonyl (C=O) groups excluding carboxylic acids is 1. The van der Waals surface area contributed by atoms with E-state index >= 15 is 0 Å². The Morgan fingerprint density at radius 2 is 1.94 bits per heavy atom. The zero-order valence-electron chi connectivity index (χ0n) is 9.71. The number of halogens is 2. The maximum Gasteiger partial charge on any atom is 0.255 e. The highest BCUT2D eigenvalue weighted by molar-refractivity contribution is 14.1. The van der Waals surface area contributed by atoms with Gasteiger partial charge in [-0.05, 0) is 75.3 Å². The molecule has 0 aliphatic carbocycles. The Morgan fingerprint density at radius 3 is 2.67 bits per heavy atom. The van der Waals surface area contributed by atoms with Gasteiger partial charge in [0.15, 0.2) is 0 Å². The highest BCUT2D eigenvalue weighted by Crippen LogP contribution is 2.25. The lowest BCUT2D eigenvalue weighted by molar-refractivity contribution is 0.102. The van der Waals surface area contributed by atoms with E-state index in [1.807, 2.05) is 49.4 Å². The van der Waals surface area contributed by atoms with Crippen molar-refractivity contribution in [1.29, 1.82) is 0 Å². The Balaban J connectivity index is 2.27. The van der Waals surface area contributed by atoms with Gasteiger partial charge in [0.1, 0.15) is 0 Å². The van der Waals surface area contributed by atoms with Crippen molar-refractivity contribution in [3.8, 4) is 0 Å². The van der Waals surface area contributed by atoms with Crippen molar-refractivity contribution >= 4 is 50.1 Å². The lowest BCUT2D eigenvalue weighted by Gasteiger charge is -2.09. The number of carbonyl (C=O) groups is 1. The molecule has 2 aromatic carbocycles. The van der Waals surface area contributed by atoms with Gasteiger partial charge in [-0.15, -0.1) is 0 Å². The number of hydrogen-bond donors (Lipinski definition) is 1. The molecular formula is C14H11BrINO. The largest absolute Gasteiger partial charge is 0.321 e. The third kappa shape index (κ3) is 3.11. The zero-order chi connectivity index (χ0) is 13.1. The van der Waals surface area contributed by atoms with Gasteiger partial charge in [-0.2, -0.15) is 0 Å². The van der Waals surface area contributed by atoms with Gasteiger partial charge < -0.3 is 5.32 Å². The van der Waals surface area contributed by atoms with Crippen molar-refractivity contribution in [1.82, 2.24) is 0 Å². The van der Waals surface area contributed by atoms with Crippen molar-refractivity contribution in [2.24, 2.45) is 0 Å². The molecule has 0 fully saturated rings. The SMILES string of the molecule is Cc1ccccc1C(=O)Nc1cc(I)ccc1Br. The molecule has 0 aliphatic heterocycles. The highest BCUT2D eigenvalue weighted by Gasteiger charge is 2.10. The van der Waals surface area contributed by atoms with E-state index in [0.717, 1.165) is 19.3 Å². The van der Waals surface area contributed by atoms with Crippen molar-refractivity contribution < 1.29 is 4.79 Å². The number of hydrogen-bond acceptors (Lipinski definition) is 1. The van der Waals surface area contributed by atoms with E-state index in [1.54, 1.807) is 0 Å². The first-order valence-corrected chi connectivity index (χ1v) is 7.27. The Kier molecular flexibility index (Phi) is 4.40. The molecule has 0 spiro atoms. The summed E-state index contributed by atoms with van der Waals surface area (Å²) < 4.78 is 1.96. The van der Waals surface area contributed by atoms with E-state index in [4.69, 9.17) is 0 Å². The van der Waals surface area contributed by atoms with E-state index < -0.39 is 0 Å². The van der Waals surface area contributed by atoms with Crippen LogP contribution in [0.2, 0.25) is 0 Å². The van der Waals surface area contributed by atoms with Crippen LogP contribution in [0.5, 0.6) is 0 Å². The monoisotopic (exact) mass is 415 g/mol. The average Bonchev–Trinajstić information content (AvgIpc) is 2.34. The maximum absolute atomic E-state index is 12.2. The van der Waals surface area contributed by atoms with E-state index in [1.165, 1.54) is 0 Å². The van der Waals surface area contributed by atoms with Gasteiger partial charge >= 0.3 is 0 Å². The van der Waals surface area contributed by atoms with Crippen molar-refractivity contribution in [3.05, 3.63) is 61.6 Å². The van der Waals surface area contributed by atoms with Crippen LogP contribution >= 0.6 is 38.5 Å². The van der Waals surface area contributed by atoms with Crippen LogP contribution in [0.1, 0.15) is 15.9 Å². The molecule has 0 radical (unpaired) electrons. The van der Waals surface area contributed by atoms with Gasteiger partial charge in [0.2, 0.25) is 0 Å². The fourth-order valence-corrected chi connectivity index (χ4v) is 2.45. The average molecular weight is 416 g/mol. The minimum absolute atomic E-state index is 0.0872. The first kappa shape index (κ1) is 13.5.